The number of rotatable bonds is 3. The van der Waals surface area contributed by atoms with Gasteiger partial charge in [0.15, 0.2) is 0 Å². The highest BCUT2D eigenvalue weighted by molar-refractivity contribution is 7.18. The fourth-order valence-electron chi connectivity index (χ4n) is 2.01. The van der Waals surface area contributed by atoms with Gasteiger partial charge >= 0.3 is 0 Å². The number of nitriles is 1. The number of aryl methyl sites for hydroxylation is 2. The van der Waals surface area contributed by atoms with E-state index in [1.807, 2.05) is 38.9 Å². The molecule has 0 aliphatic carbocycles. The first-order chi connectivity index (χ1) is 8.95. The fourth-order valence-corrected chi connectivity index (χ4v) is 3.05. The first kappa shape index (κ1) is 13.7. The van der Waals surface area contributed by atoms with Crippen molar-refractivity contribution < 1.29 is 0 Å². The van der Waals surface area contributed by atoms with Gasteiger partial charge in [0.05, 0.1) is 18.0 Å². The summed E-state index contributed by atoms with van der Waals surface area (Å²) in [7, 11) is 3.83. The van der Waals surface area contributed by atoms with Crippen LogP contribution in [0.1, 0.15) is 16.3 Å². The molecule has 2 rings (SSSR count). The summed E-state index contributed by atoms with van der Waals surface area (Å²) in [5, 5.41) is 9.55. The van der Waals surface area contributed by atoms with Gasteiger partial charge in [-0.25, -0.2) is 4.98 Å². The second-order valence-corrected chi connectivity index (χ2v) is 5.98. The molecule has 0 unspecified atom stereocenters. The summed E-state index contributed by atoms with van der Waals surface area (Å²) in [5.74, 6) is 0.644. The highest BCUT2D eigenvalue weighted by Crippen LogP contribution is 2.26. The predicted molar refractivity (Wildman–Crippen MR) is 76.4 cm³/mol. The van der Waals surface area contributed by atoms with Crippen molar-refractivity contribution in [2.75, 3.05) is 14.1 Å². The van der Waals surface area contributed by atoms with Crippen molar-refractivity contribution in [3.63, 3.8) is 0 Å². The van der Waals surface area contributed by atoms with Crippen LogP contribution in [0.2, 0.25) is 0 Å². The first-order valence-corrected chi connectivity index (χ1v) is 6.78. The minimum absolute atomic E-state index is 0.0410. The van der Waals surface area contributed by atoms with Crippen LogP contribution < -0.4 is 5.56 Å². The molecule has 0 fully saturated rings. The molecule has 0 N–H and O–H groups in total. The lowest BCUT2D eigenvalue weighted by Crippen LogP contribution is -2.28. The Morgan fingerprint density at radius 2 is 2.11 bits per heavy atom. The third kappa shape index (κ3) is 2.39. The van der Waals surface area contributed by atoms with Crippen molar-refractivity contribution >= 4 is 21.6 Å². The van der Waals surface area contributed by atoms with Gasteiger partial charge in [-0.2, -0.15) is 5.26 Å². The summed E-state index contributed by atoms with van der Waals surface area (Å²) < 4.78 is 1.47. The summed E-state index contributed by atoms with van der Waals surface area (Å²) in [6.45, 7) is 4.50. The van der Waals surface area contributed by atoms with Gasteiger partial charge in [0.2, 0.25) is 0 Å². The first-order valence-electron chi connectivity index (χ1n) is 5.96. The van der Waals surface area contributed by atoms with Crippen LogP contribution in [-0.2, 0) is 13.1 Å². The Kier molecular flexibility index (Phi) is 3.69. The van der Waals surface area contributed by atoms with Crippen LogP contribution in [0.15, 0.2) is 4.79 Å². The molecule has 0 radical (unpaired) electrons. The number of aromatic nitrogens is 2. The minimum atomic E-state index is -0.106. The molecular weight excluding hydrogens is 260 g/mol. The lowest BCUT2D eigenvalue weighted by Gasteiger charge is -2.13. The van der Waals surface area contributed by atoms with E-state index in [0.29, 0.717) is 17.8 Å². The zero-order valence-electron chi connectivity index (χ0n) is 11.5. The Hall–Kier alpha value is -1.71. The molecule has 100 valence electrons. The van der Waals surface area contributed by atoms with Crippen molar-refractivity contribution in [1.29, 1.82) is 5.26 Å². The molecule has 2 aromatic heterocycles. The fraction of sp³-hybridized carbons (Fsp3) is 0.462. The Morgan fingerprint density at radius 1 is 1.42 bits per heavy atom. The van der Waals surface area contributed by atoms with Crippen molar-refractivity contribution in [3.05, 3.63) is 26.6 Å². The Labute approximate surface area is 115 Å². The molecule has 2 aromatic rings. The molecule has 6 heteroatoms. The molecule has 0 saturated carbocycles. The Morgan fingerprint density at radius 3 is 2.68 bits per heavy atom. The molecule has 19 heavy (non-hydrogen) atoms. The van der Waals surface area contributed by atoms with Crippen LogP contribution in [0.4, 0.5) is 0 Å². The van der Waals surface area contributed by atoms with E-state index in [1.165, 1.54) is 15.9 Å². The number of fused-ring (bicyclic) bond motifs is 1. The second-order valence-electron chi connectivity index (χ2n) is 4.78. The summed E-state index contributed by atoms with van der Waals surface area (Å²) in [4.78, 5) is 20.9. The lowest BCUT2D eigenvalue weighted by atomic mass is 10.2. The average Bonchev–Trinajstić information content (AvgIpc) is 2.59. The topological polar surface area (TPSA) is 61.9 Å². The molecule has 0 aliphatic heterocycles. The van der Waals surface area contributed by atoms with Gasteiger partial charge in [-0.3, -0.25) is 9.36 Å². The van der Waals surface area contributed by atoms with Gasteiger partial charge in [0.1, 0.15) is 17.2 Å². The van der Waals surface area contributed by atoms with Crippen LogP contribution in [0.25, 0.3) is 10.2 Å². The summed E-state index contributed by atoms with van der Waals surface area (Å²) in [5.41, 5.74) is 0.867. The lowest BCUT2D eigenvalue weighted by molar-refractivity contribution is 0.380. The van der Waals surface area contributed by atoms with E-state index in [1.54, 1.807) is 0 Å². The quantitative estimate of drug-likeness (QED) is 0.855. The van der Waals surface area contributed by atoms with Crippen molar-refractivity contribution in [2.24, 2.45) is 0 Å². The molecule has 0 amide bonds. The largest absolute Gasteiger partial charge is 0.302 e. The normalized spacial score (nSPS) is 11.2. The molecule has 5 nitrogen and oxygen atoms in total. The molecule has 0 aromatic carbocycles. The van der Waals surface area contributed by atoms with E-state index >= 15 is 0 Å². The second kappa shape index (κ2) is 5.11. The summed E-state index contributed by atoms with van der Waals surface area (Å²) >= 11 is 1.54. The number of nitrogens with zero attached hydrogens (tertiary/aromatic N) is 4. The zero-order chi connectivity index (χ0) is 14.2. The average molecular weight is 276 g/mol. The van der Waals surface area contributed by atoms with Crippen LogP contribution >= 0.6 is 11.3 Å². The third-order valence-electron chi connectivity index (χ3n) is 3.05. The van der Waals surface area contributed by atoms with Crippen LogP contribution in [0.5, 0.6) is 0 Å². The smallest absolute Gasteiger partial charge is 0.263 e. The van der Waals surface area contributed by atoms with E-state index < -0.39 is 0 Å². The molecule has 2 heterocycles. The van der Waals surface area contributed by atoms with E-state index in [4.69, 9.17) is 5.26 Å². The highest BCUT2D eigenvalue weighted by Gasteiger charge is 2.16. The molecule has 0 aliphatic rings. The minimum Gasteiger partial charge on any atom is -0.302 e. The number of thiophene rings is 1. The van der Waals surface area contributed by atoms with Crippen molar-refractivity contribution in [3.8, 4) is 6.07 Å². The van der Waals surface area contributed by atoms with Gasteiger partial charge in [-0.1, -0.05) is 0 Å². The van der Waals surface area contributed by atoms with Crippen LogP contribution in [0.3, 0.4) is 0 Å². The van der Waals surface area contributed by atoms with E-state index in [9.17, 15) is 4.79 Å². The van der Waals surface area contributed by atoms with Gasteiger partial charge in [0, 0.05) is 4.88 Å². The SMILES string of the molecule is Cc1sc2nc(CN(C)C)n(CC#N)c(=O)c2c1C. The van der Waals surface area contributed by atoms with Gasteiger partial charge in [-0.15, -0.1) is 11.3 Å². The maximum absolute atomic E-state index is 12.5. The van der Waals surface area contributed by atoms with E-state index in [2.05, 4.69) is 4.98 Å². The van der Waals surface area contributed by atoms with Crippen LogP contribution in [0, 0.1) is 25.2 Å². The third-order valence-corrected chi connectivity index (χ3v) is 4.16. The van der Waals surface area contributed by atoms with Gasteiger partial charge in [-0.05, 0) is 33.5 Å². The van der Waals surface area contributed by atoms with E-state index in [0.717, 1.165) is 15.3 Å². The summed E-state index contributed by atoms with van der Waals surface area (Å²) in [6, 6.07) is 2.04. The number of hydrogen-bond donors (Lipinski definition) is 0. The van der Waals surface area contributed by atoms with Crippen molar-refractivity contribution in [1.82, 2.24) is 14.5 Å². The standard InChI is InChI=1S/C13H16N4OS/c1-8-9(2)19-12-11(8)13(18)17(6-5-14)10(15-12)7-16(3)4/h6-7H2,1-4H3. The maximum Gasteiger partial charge on any atom is 0.263 e. The molecule has 0 spiro atoms. The predicted octanol–water partition coefficient (Wildman–Crippen LogP) is 1.66. The van der Waals surface area contributed by atoms with Crippen LogP contribution in [-0.4, -0.2) is 28.5 Å². The molecule has 0 saturated heterocycles. The maximum atomic E-state index is 12.5. The molecule has 0 bridgehead atoms. The van der Waals surface area contributed by atoms with Gasteiger partial charge in [0.25, 0.3) is 5.56 Å². The van der Waals surface area contributed by atoms with E-state index in [-0.39, 0.29) is 12.1 Å². The monoisotopic (exact) mass is 276 g/mol. The van der Waals surface area contributed by atoms with Crippen molar-refractivity contribution in [2.45, 2.75) is 26.9 Å². The highest BCUT2D eigenvalue weighted by atomic mass is 32.1. The summed E-state index contributed by atoms with van der Waals surface area (Å²) in [6.07, 6.45) is 0. The zero-order valence-corrected chi connectivity index (χ0v) is 12.3. The molecule has 0 atom stereocenters. The molecular formula is C13H16N4OS. The number of hydrogen-bond acceptors (Lipinski definition) is 5. The Balaban J connectivity index is 2.78. The van der Waals surface area contributed by atoms with Gasteiger partial charge < -0.3 is 4.90 Å². The Bertz CT molecular complexity index is 721.